The third-order valence-electron chi connectivity index (χ3n) is 2.48. The molecule has 1 aliphatic heterocycles. The van der Waals surface area contributed by atoms with E-state index in [9.17, 15) is 14.0 Å². The van der Waals surface area contributed by atoms with Crippen LogP contribution in [0.2, 0.25) is 0 Å². The van der Waals surface area contributed by atoms with Crippen molar-refractivity contribution in [3.05, 3.63) is 29.6 Å². The van der Waals surface area contributed by atoms with Gasteiger partial charge in [-0.3, -0.25) is 9.59 Å². The zero-order chi connectivity index (χ0) is 11.9. The summed E-state index contributed by atoms with van der Waals surface area (Å²) in [6.45, 7) is 4.39. The SMILES string of the molecule is CC(C)CN1C(=O)C(=O)c2cc(F)ccc21. The minimum atomic E-state index is -0.616. The first kappa shape index (κ1) is 10.8. The average molecular weight is 221 g/mol. The molecular formula is C12H12FNO2. The third-order valence-corrected chi connectivity index (χ3v) is 2.48. The van der Waals surface area contributed by atoms with Gasteiger partial charge in [0.15, 0.2) is 0 Å². The fraction of sp³-hybridized carbons (Fsp3) is 0.333. The summed E-state index contributed by atoms with van der Waals surface area (Å²) in [6.07, 6.45) is 0. The fourth-order valence-corrected chi connectivity index (χ4v) is 1.82. The number of anilines is 1. The minimum absolute atomic E-state index is 0.172. The van der Waals surface area contributed by atoms with E-state index in [2.05, 4.69) is 0 Å². The van der Waals surface area contributed by atoms with E-state index in [1.54, 1.807) is 0 Å². The Morgan fingerprint density at radius 2 is 2.00 bits per heavy atom. The molecule has 1 heterocycles. The van der Waals surface area contributed by atoms with E-state index in [0.717, 1.165) is 6.07 Å². The van der Waals surface area contributed by atoms with Gasteiger partial charge in [0, 0.05) is 6.54 Å². The molecule has 1 aromatic carbocycles. The standard InChI is InChI=1S/C12H12FNO2/c1-7(2)6-14-10-4-3-8(13)5-9(10)11(15)12(14)16/h3-5,7H,6H2,1-2H3. The van der Waals surface area contributed by atoms with Crippen molar-refractivity contribution in [2.24, 2.45) is 5.92 Å². The summed E-state index contributed by atoms with van der Waals surface area (Å²) in [5.74, 6) is -1.41. The fourth-order valence-electron chi connectivity index (χ4n) is 1.82. The van der Waals surface area contributed by atoms with Gasteiger partial charge in [-0.1, -0.05) is 13.8 Å². The second-order valence-electron chi connectivity index (χ2n) is 4.30. The Bertz CT molecular complexity index is 468. The molecule has 0 unspecified atom stereocenters. The maximum atomic E-state index is 13.0. The summed E-state index contributed by atoms with van der Waals surface area (Å²) in [7, 11) is 0. The number of carbonyl (C=O) groups excluding carboxylic acids is 2. The van der Waals surface area contributed by atoms with Crippen LogP contribution in [0.15, 0.2) is 18.2 Å². The molecular weight excluding hydrogens is 209 g/mol. The van der Waals surface area contributed by atoms with Crippen LogP contribution in [0.1, 0.15) is 24.2 Å². The first-order valence-corrected chi connectivity index (χ1v) is 5.16. The molecule has 1 amide bonds. The molecule has 0 bridgehead atoms. The highest BCUT2D eigenvalue weighted by atomic mass is 19.1. The lowest BCUT2D eigenvalue weighted by Crippen LogP contribution is -2.32. The van der Waals surface area contributed by atoms with Crippen molar-refractivity contribution in [3.8, 4) is 0 Å². The number of hydrogen-bond acceptors (Lipinski definition) is 2. The largest absolute Gasteiger partial charge is 0.305 e. The predicted molar refractivity (Wildman–Crippen MR) is 57.9 cm³/mol. The van der Waals surface area contributed by atoms with Crippen LogP contribution in [-0.4, -0.2) is 18.2 Å². The van der Waals surface area contributed by atoms with E-state index in [4.69, 9.17) is 0 Å². The van der Waals surface area contributed by atoms with Crippen molar-refractivity contribution in [2.45, 2.75) is 13.8 Å². The van der Waals surface area contributed by atoms with Gasteiger partial charge in [0.2, 0.25) is 0 Å². The van der Waals surface area contributed by atoms with Crippen LogP contribution < -0.4 is 4.90 Å². The second kappa shape index (κ2) is 3.70. The summed E-state index contributed by atoms with van der Waals surface area (Å²) in [5.41, 5.74) is 0.691. The van der Waals surface area contributed by atoms with Crippen LogP contribution >= 0.6 is 0 Å². The van der Waals surface area contributed by atoms with Crippen molar-refractivity contribution >= 4 is 17.4 Å². The maximum Gasteiger partial charge on any atom is 0.299 e. The summed E-state index contributed by atoms with van der Waals surface area (Å²) >= 11 is 0. The topological polar surface area (TPSA) is 37.4 Å². The highest BCUT2D eigenvalue weighted by Crippen LogP contribution is 2.29. The number of hydrogen-bond donors (Lipinski definition) is 0. The molecule has 1 aromatic rings. The molecule has 0 saturated carbocycles. The predicted octanol–water partition coefficient (Wildman–Crippen LogP) is 2.01. The number of fused-ring (bicyclic) bond motifs is 1. The molecule has 2 rings (SSSR count). The zero-order valence-corrected chi connectivity index (χ0v) is 9.16. The number of amides is 1. The Balaban J connectivity index is 2.46. The summed E-state index contributed by atoms with van der Waals surface area (Å²) in [6, 6.07) is 3.86. The van der Waals surface area contributed by atoms with Gasteiger partial charge in [0.1, 0.15) is 5.82 Å². The van der Waals surface area contributed by atoms with Crippen LogP contribution in [0.5, 0.6) is 0 Å². The number of nitrogens with zero attached hydrogens (tertiary/aromatic N) is 1. The second-order valence-corrected chi connectivity index (χ2v) is 4.30. The highest BCUT2D eigenvalue weighted by Gasteiger charge is 2.35. The van der Waals surface area contributed by atoms with E-state index in [-0.39, 0.29) is 11.5 Å². The molecule has 4 heteroatoms. The highest BCUT2D eigenvalue weighted by molar-refractivity contribution is 6.52. The molecule has 1 aliphatic rings. The normalized spacial score (nSPS) is 14.9. The molecule has 0 aromatic heterocycles. The number of carbonyl (C=O) groups is 2. The van der Waals surface area contributed by atoms with Gasteiger partial charge in [-0.05, 0) is 24.1 Å². The molecule has 0 saturated heterocycles. The Hall–Kier alpha value is -1.71. The molecule has 3 nitrogen and oxygen atoms in total. The molecule has 0 spiro atoms. The number of Topliss-reactive ketones (excluding diaryl/α,β-unsaturated/α-hetero) is 1. The van der Waals surface area contributed by atoms with Crippen molar-refractivity contribution < 1.29 is 14.0 Å². The van der Waals surface area contributed by atoms with Crippen LogP contribution in [0.4, 0.5) is 10.1 Å². The van der Waals surface area contributed by atoms with Crippen LogP contribution in [0, 0.1) is 11.7 Å². The van der Waals surface area contributed by atoms with E-state index in [1.165, 1.54) is 17.0 Å². The van der Waals surface area contributed by atoms with Gasteiger partial charge in [0.05, 0.1) is 11.3 Å². The lowest BCUT2D eigenvalue weighted by atomic mass is 10.1. The first-order chi connectivity index (χ1) is 7.50. The molecule has 0 atom stereocenters. The van der Waals surface area contributed by atoms with Crippen molar-refractivity contribution in [1.82, 2.24) is 0 Å². The first-order valence-electron chi connectivity index (χ1n) is 5.16. The number of benzene rings is 1. The quantitative estimate of drug-likeness (QED) is 0.716. The van der Waals surface area contributed by atoms with Crippen molar-refractivity contribution in [3.63, 3.8) is 0 Å². The van der Waals surface area contributed by atoms with E-state index < -0.39 is 17.5 Å². The molecule has 16 heavy (non-hydrogen) atoms. The van der Waals surface area contributed by atoms with E-state index in [0.29, 0.717) is 12.2 Å². The number of halogens is 1. The summed E-state index contributed by atoms with van der Waals surface area (Å²) in [4.78, 5) is 24.7. The van der Waals surface area contributed by atoms with Gasteiger partial charge >= 0.3 is 0 Å². The van der Waals surface area contributed by atoms with Gasteiger partial charge in [0.25, 0.3) is 11.7 Å². The molecule has 84 valence electrons. The molecule has 0 fully saturated rings. The Labute approximate surface area is 92.9 Å². The maximum absolute atomic E-state index is 13.0. The van der Waals surface area contributed by atoms with Crippen molar-refractivity contribution in [2.75, 3.05) is 11.4 Å². The van der Waals surface area contributed by atoms with E-state index in [1.807, 2.05) is 13.8 Å². The lowest BCUT2D eigenvalue weighted by Gasteiger charge is -2.18. The third kappa shape index (κ3) is 1.60. The van der Waals surface area contributed by atoms with Crippen molar-refractivity contribution in [1.29, 1.82) is 0 Å². The molecule has 0 aliphatic carbocycles. The Kier molecular flexibility index (Phi) is 2.50. The van der Waals surface area contributed by atoms with Crippen LogP contribution in [0.3, 0.4) is 0 Å². The Morgan fingerprint density at radius 3 is 2.62 bits per heavy atom. The number of rotatable bonds is 2. The van der Waals surface area contributed by atoms with Gasteiger partial charge in [-0.15, -0.1) is 0 Å². The lowest BCUT2D eigenvalue weighted by molar-refractivity contribution is -0.114. The van der Waals surface area contributed by atoms with Crippen LogP contribution in [0.25, 0.3) is 0 Å². The number of ketones is 1. The van der Waals surface area contributed by atoms with Gasteiger partial charge in [-0.25, -0.2) is 4.39 Å². The molecule has 0 N–H and O–H groups in total. The van der Waals surface area contributed by atoms with Crippen LogP contribution in [-0.2, 0) is 4.79 Å². The summed E-state index contributed by atoms with van der Waals surface area (Å²) < 4.78 is 13.0. The molecule has 0 radical (unpaired) electrons. The Morgan fingerprint density at radius 1 is 1.31 bits per heavy atom. The van der Waals surface area contributed by atoms with Gasteiger partial charge < -0.3 is 4.90 Å². The zero-order valence-electron chi connectivity index (χ0n) is 9.16. The van der Waals surface area contributed by atoms with Gasteiger partial charge in [-0.2, -0.15) is 0 Å². The summed E-state index contributed by atoms with van der Waals surface area (Å²) in [5, 5.41) is 0. The minimum Gasteiger partial charge on any atom is -0.305 e. The van der Waals surface area contributed by atoms with E-state index >= 15 is 0 Å². The smallest absolute Gasteiger partial charge is 0.299 e. The average Bonchev–Trinajstić information content (AvgIpc) is 2.43. The monoisotopic (exact) mass is 221 g/mol.